The Bertz CT molecular complexity index is 681. The van der Waals surface area contributed by atoms with Gasteiger partial charge in [0.05, 0.1) is 17.8 Å². The van der Waals surface area contributed by atoms with E-state index in [1.165, 1.54) is 0 Å². The van der Waals surface area contributed by atoms with Crippen LogP contribution in [0.15, 0.2) is 42.5 Å². The van der Waals surface area contributed by atoms with E-state index in [1.807, 2.05) is 38.1 Å². The maximum Gasteiger partial charge on any atom is 0.243 e. The molecule has 2 aromatic carbocycles. The highest BCUT2D eigenvalue weighted by Gasteiger charge is 2.08. The summed E-state index contributed by atoms with van der Waals surface area (Å²) in [5, 5.41) is 14.9. The Morgan fingerprint density at radius 3 is 2.43 bits per heavy atom. The highest BCUT2D eigenvalue weighted by atomic mass is 16.1. The second-order valence-electron chi connectivity index (χ2n) is 4.83. The summed E-state index contributed by atoms with van der Waals surface area (Å²) < 4.78 is 0. The average molecular weight is 279 g/mol. The van der Waals surface area contributed by atoms with Crippen molar-refractivity contribution in [3.63, 3.8) is 0 Å². The molecular formula is C17H17N3O. The number of nitrogens with one attached hydrogen (secondary N) is 2. The summed E-state index contributed by atoms with van der Waals surface area (Å²) in [5.41, 5.74) is 4.09. The van der Waals surface area contributed by atoms with Crippen LogP contribution in [0.2, 0.25) is 0 Å². The van der Waals surface area contributed by atoms with Crippen LogP contribution >= 0.6 is 0 Å². The summed E-state index contributed by atoms with van der Waals surface area (Å²) in [5.74, 6) is -0.139. The molecule has 0 atom stereocenters. The molecule has 0 unspecified atom stereocenters. The molecular weight excluding hydrogens is 262 g/mol. The molecule has 0 spiro atoms. The fraction of sp³-hybridized carbons (Fsp3) is 0.176. The molecule has 4 heteroatoms. The zero-order valence-corrected chi connectivity index (χ0v) is 12.1. The number of aryl methyl sites for hydroxylation is 2. The lowest BCUT2D eigenvalue weighted by Crippen LogP contribution is -2.23. The highest BCUT2D eigenvalue weighted by molar-refractivity contribution is 5.95. The highest BCUT2D eigenvalue weighted by Crippen LogP contribution is 2.19. The van der Waals surface area contributed by atoms with Crippen molar-refractivity contribution in [2.75, 3.05) is 17.2 Å². The minimum absolute atomic E-state index is 0.118. The molecule has 0 heterocycles. The first-order valence-electron chi connectivity index (χ1n) is 6.71. The molecule has 1 amide bonds. The van der Waals surface area contributed by atoms with Crippen LogP contribution in [0.1, 0.15) is 16.7 Å². The normalized spacial score (nSPS) is 9.76. The molecule has 2 N–H and O–H groups in total. The van der Waals surface area contributed by atoms with Crippen molar-refractivity contribution >= 4 is 17.3 Å². The van der Waals surface area contributed by atoms with E-state index in [9.17, 15) is 4.79 Å². The third-order valence-electron chi connectivity index (χ3n) is 3.23. The van der Waals surface area contributed by atoms with E-state index >= 15 is 0 Å². The zero-order valence-electron chi connectivity index (χ0n) is 12.1. The van der Waals surface area contributed by atoms with Crippen LogP contribution in [-0.4, -0.2) is 12.5 Å². The molecule has 0 saturated heterocycles. The minimum atomic E-state index is -0.139. The van der Waals surface area contributed by atoms with Gasteiger partial charge < -0.3 is 10.6 Å². The van der Waals surface area contributed by atoms with Crippen LogP contribution < -0.4 is 10.6 Å². The van der Waals surface area contributed by atoms with Crippen molar-refractivity contribution in [1.82, 2.24) is 0 Å². The van der Waals surface area contributed by atoms with E-state index in [2.05, 4.69) is 16.7 Å². The molecule has 0 saturated carbocycles. The van der Waals surface area contributed by atoms with Crippen molar-refractivity contribution in [2.24, 2.45) is 0 Å². The van der Waals surface area contributed by atoms with Crippen LogP contribution in [0.4, 0.5) is 11.4 Å². The van der Waals surface area contributed by atoms with E-state index in [0.717, 1.165) is 16.8 Å². The summed E-state index contributed by atoms with van der Waals surface area (Å²) in [6, 6.07) is 15.1. The van der Waals surface area contributed by atoms with Gasteiger partial charge in [0, 0.05) is 5.69 Å². The predicted molar refractivity (Wildman–Crippen MR) is 84.2 cm³/mol. The minimum Gasteiger partial charge on any atom is -0.375 e. The van der Waals surface area contributed by atoms with Gasteiger partial charge in [-0.05, 0) is 37.1 Å². The second kappa shape index (κ2) is 6.58. The van der Waals surface area contributed by atoms with E-state index in [0.29, 0.717) is 11.3 Å². The van der Waals surface area contributed by atoms with Crippen molar-refractivity contribution in [3.8, 4) is 6.07 Å². The average Bonchev–Trinajstić information content (AvgIpc) is 2.49. The van der Waals surface area contributed by atoms with E-state index in [4.69, 9.17) is 5.26 Å². The third kappa shape index (κ3) is 3.61. The summed E-state index contributed by atoms with van der Waals surface area (Å²) in [6.07, 6.45) is 0. The topological polar surface area (TPSA) is 64.9 Å². The number of amides is 1. The summed E-state index contributed by atoms with van der Waals surface area (Å²) in [6.45, 7) is 4.04. The van der Waals surface area contributed by atoms with Crippen LogP contribution in [0.25, 0.3) is 0 Å². The lowest BCUT2D eigenvalue weighted by Gasteiger charge is -2.12. The Kier molecular flexibility index (Phi) is 4.57. The molecule has 0 aliphatic heterocycles. The number of carbonyl (C=O) groups excluding carboxylic acids is 1. The summed E-state index contributed by atoms with van der Waals surface area (Å²) >= 11 is 0. The third-order valence-corrected chi connectivity index (χ3v) is 3.23. The van der Waals surface area contributed by atoms with Crippen molar-refractivity contribution in [2.45, 2.75) is 13.8 Å². The zero-order chi connectivity index (χ0) is 15.2. The fourth-order valence-electron chi connectivity index (χ4n) is 2.11. The number of para-hydroxylation sites is 2. The number of hydrogen-bond donors (Lipinski definition) is 2. The van der Waals surface area contributed by atoms with E-state index < -0.39 is 0 Å². The number of carbonyl (C=O) groups is 1. The first-order chi connectivity index (χ1) is 10.1. The van der Waals surface area contributed by atoms with Gasteiger partial charge in [0.2, 0.25) is 5.91 Å². The number of nitrogens with zero attached hydrogens (tertiary/aromatic N) is 1. The monoisotopic (exact) mass is 279 g/mol. The number of anilines is 2. The maximum atomic E-state index is 12.0. The van der Waals surface area contributed by atoms with Gasteiger partial charge in [0.15, 0.2) is 0 Å². The van der Waals surface area contributed by atoms with Gasteiger partial charge in [-0.2, -0.15) is 5.26 Å². The molecule has 0 aromatic heterocycles. The molecule has 106 valence electrons. The first kappa shape index (κ1) is 14.6. The molecule has 4 nitrogen and oxygen atoms in total. The number of rotatable bonds is 4. The Morgan fingerprint density at radius 1 is 1.10 bits per heavy atom. The van der Waals surface area contributed by atoms with Gasteiger partial charge >= 0.3 is 0 Å². The summed E-state index contributed by atoms with van der Waals surface area (Å²) in [7, 11) is 0. The van der Waals surface area contributed by atoms with Crippen LogP contribution in [0, 0.1) is 25.2 Å². The lowest BCUT2D eigenvalue weighted by molar-refractivity contribution is -0.114. The first-order valence-corrected chi connectivity index (χ1v) is 6.71. The van der Waals surface area contributed by atoms with Gasteiger partial charge in [-0.1, -0.05) is 30.3 Å². The molecule has 0 fully saturated rings. The number of benzene rings is 2. The smallest absolute Gasteiger partial charge is 0.243 e. The Hall–Kier alpha value is -2.80. The Balaban J connectivity index is 2.02. The lowest BCUT2D eigenvalue weighted by atomic mass is 10.1. The molecule has 21 heavy (non-hydrogen) atoms. The standard InChI is InChI=1S/C17H17N3O/c1-12-6-5-7-13(2)17(12)20-16(21)11-19-15-9-4-3-8-14(15)10-18/h3-9,19H,11H2,1-2H3,(H,20,21). The van der Waals surface area contributed by atoms with Gasteiger partial charge in [-0.15, -0.1) is 0 Å². The quantitative estimate of drug-likeness (QED) is 0.903. The largest absolute Gasteiger partial charge is 0.375 e. The van der Waals surface area contributed by atoms with Gasteiger partial charge in [-0.3, -0.25) is 4.79 Å². The van der Waals surface area contributed by atoms with Gasteiger partial charge in [0.1, 0.15) is 6.07 Å². The summed E-state index contributed by atoms with van der Waals surface area (Å²) in [4.78, 5) is 12.0. The van der Waals surface area contributed by atoms with Crippen LogP contribution in [-0.2, 0) is 4.79 Å². The van der Waals surface area contributed by atoms with Gasteiger partial charge in [-0.25, -0.2) is 0 Å². The predicted octanol–water partition coefficient (Wildman–Crippen LogP) is 3.23. The molecule has 0 bridgehead atoms. The second-order valence-corrected chi connectivity index (χ2v) is 4.83. The number of nitriles is 1. The molecule has 0 radical (unpaired) electrons. The van der Waals surface area contributed by atoms with E-state index in [-0.39, 0.29) is 12.5 Å². The van der Waals surface area contributed by atoms with Crippen molar-refractivity contribution in [3.05, 3.63) is 59.2 Å². The molecule has 2 aromatic rings. The van der Waals surface area contributed by atoms with Crippen LogP contribution in [0.3, 0.4) is 0 Å². The Morgan fingerprint density at radius 2 is 1.76 bits per heavy atom. The Labute approximate surface area is 124 Å². The van der Waals surface area contributed by atoms with Crippen molar-refractivity contribution in [1.29, 1.82) is 5.26 Å². The number of hydrogen-bond acceptors (Lipinski definition) is 3. The molecule has 0 aliphatic carbocycles. The molecule has 0 aliphatic rings. The van der Waals surface area contributed by atoms with Crippen LogP contribution in [0.5, 0.6) is 0 Å². The van der Waals surface area contributed by atoms with Gasteiger partial charge in [0.25, 0.3) is 0 Å². The fourth-order valence-corrected chi connectivity index (χ4v) is 2.11. The maximum absolute atomic E-state index is 12.0. The van der Waals surface area contributed by atoms with Crippen molar-refractivity contribution < 1.29 is 4.79 Å². The SMILES string of the molecule is Cc1cccc(C)c1NC(=O)CNc1ccccc1C#N. The van der Waals surface area contributed by atoms with E-state index in [1.54, 1.807) is 18.2 Å². The molecule has 2 rings (SSSR count).